The van der Waals surface area contributed by atoms with E-state index in [1.54, 1.807) is 12.1 Å². The van der Waals surface area contributed by atoms with Crippen molar-refractivity contribution in [2.24, 2.45) is 11.7 Å². The van der Waals surface area contributed by atoms with E-state index < -0.39 is 5.82 Å². The molecule has 2 nitrogen and oxygen atoms in total. The number of benzene rings is 1. The second-order valence-corrected chi connectivity index (χ2v) is 5.11. The van der Waals surface area contributed by atoms with Crippen molar-refractivity contribution in [3.8, 4) is 0 Å². The van der Waals surface area contributed by atoms with Crippen molar-refractivity contribution < 1.29 is 9.18 Å². The summed E-state index contributed by atoms with van der Waals surface area (Å²) in [5.41, 5.74) is 5.86. The minimum absolute atomic E-state index is 0.0556. The van der Waals surface area contributed by atoms with Gasteiger partial charge >= 0.3 is 0 Å². The fraction of sp³-hybridized carbons (Fsp3) is 0.500. The highest BCUT2D eigenvalue weighted by Crippen LogP contribution is 2.17. The predicted octanol–water partition coefficient (Wildman–Crippen LogP) is 3.36. The maximum atomic E-state index is 13.5. The van der Waals surface area contributed by atoms with Gasteiger partial charge < -0.3 is 5.73 Å². The molecule has 0 aliphatic carbocycles. The summed E-state index contributed by atoms with van der Waals surface area (Å²) in [6, 6.07) is 4.41. The summed E-state index contributed by atoms with van der Waals surface area (Å²) < 4.78 is 13.5. The lowest BCUT2D eigenvalue weighted by molar-refractivity contribution is -0.118. The molecule has 1 aromatic rings. The third-order valence-electron chi connectivity index (χ3n) is 2.98. The smallest absolute Gasteiger partial charge is 0.137 e. The zero-order valence-corrected chi connectivity index (χ0v) is 11.3. The van der Waals surface area contributed by atoms with Crippen LogP contribution in [0.5, 0.6) is 0 Å². The molecule has 0 amide bonds. The van der Waals surface area contributed by atoms with Crippen LogP contribution in [0.4, 0.5) is 4.39 Å². The van der Waals surface area contributed by atoms with Gasteiger partial charge in [-0.3, -0.25) is 4.79 Å². The van der Waals surface area contributed by atoms with Crippen LogP contribution in [0.15, 0.2) is 18.2 Å². The van der Waals surface area contributed by atoms with E-state index in [0.29, 0.717) is 29.5 Å². The Labute approximate surface area is 112 Å². The van der Waals surface area contributed by atoms with Crippen LogP contribution in [0.2, 0.25) is 5.02 Å². The molecule has 0 spiro atoms. The third kappa shape index (κ3) is 5.15. The molecule has 1 atom stereocenters. The maximum absolute atomic E-state index is 13.5. The van der Waals surface area contributed by atoms with Gasteiger partial charge in [0.2, 0.25) is 0 Å². The van der Waals surface area contributed by atoms with Crippen molar-refractivity contribution in [1.29, 1.82) is 0 Å². The zero-order chi connectivity index (χ0) is 13.5. The van der Waals surface area contributed by atoms with Gasteiger partial charge in [0.25, 0.3) is 0 Å². The average molecular weight is 272 g/mol. The van der Waals surface area contributed by atoms with E-state index in [0.717, 1.165) is 12.8 Å². The van der Waals surface area contributed by atoms with Crippen molar-refractivity contribution in [2.75, 3.05) is 6.54 Å². The van der Waals surface area contributed by atoms with E-state index in [9.17, 15) is 9.18 Å². The van der Waals surface area contributed by atoms with Crippen molar-refractivity contribution >= 4 is 17.4 Å². The van der Waals surface area contributed by atoms with Crippen molar-refractivity contribution in [2.45, 2.75) is 32.6 Å². The first kappa shape index (κ1) is 15.1. The molecule has 1 unspecified atom stereocenters. The minimum Gasteiger partial charge on any atom is -0.330 e. The maximum Gasteiger partial charge on any atom is 0.137 e. The summed E-state index contributed by atoms with van der Waals surface area (Å²) in [7, 11) is 0. The van der Waals surface area contributed by atoms with Gasteiger partial charge in [0.1, 0.15) is 11.6 Å². The van der Waals surface area contributed by atoms with E-state index in [4.69, 9.17) is 17.3 Å². The summed E-state index contributed by atoms with van der Waals surface area (Å²) in [5, 5.41) is 0.347. The van der Waals surface area contributed by atoms with Crippen LogP contribution < -0.4 is 5.73 Å². The van der Waals surface area contributed by atoms with Crippen LogP contribution in [0.1, 0.15) is 31.7 Å². The quantitative estimate of drug-likeness (QED) is 0.826. The van der Waals surface area contributed by atoms with Crippen molar-refractivity contribution in [3.63, 3.8) is 0 Å². The molecule has 0 saturated heterocycles. The summed E-state index contributed by atoms with van der Waals surface area (Å²) >= 11 is 5.65. The number of rotatable bonds is 7. The van der Waals surface area contributed by atoms with Gasteiger partial charge in [-0.05, 0) is 43.0 Å². The molecule has 0 aromatic heterocycles. The third-order valence-corrected chi connectivity index (χ3v) is 3.21. The second-order valence-electron chi connectivity index (χ2n) is 4.67. The van der Waals surface area contributed by atoms with Gasteiger partial charge in [-0.15, -0.1) is 0 Å². The molecule has 0 bridgehead atoms. The normalized spacial score (nSPS) is 12.4. The van der Waals surface area contributed by atoms with Crippen LogP contribution in [0, 0.1) is 11.7 Å². The topological polar surface area (TPSA) is 43.1 Å². The molecule has 0 saturated carbocycles. The van der Waals surface area contributed by atoms with E-state index >= 15 is 0 Å². The standard InChI is InChI=1S/C14H19ClFNO/c1-10(6-7-17)2-5-13(18)8-11-3-4-12(15)9-14(11)16/h3-4,9-10H,2,5-8,17H2,1H3. The molecular weight excluding hydrogens is 253 g/mol. The Morgan fingerprint density at radius 3 is 2.78 bits per heavy atom. The van der Waals surface area contributed by atoms with Crippen LogP contribution >= 0.6 is 11.6 Å². The summed E-state index contributed by atoms with van der Waals surface area (Å²) in [5.74, 6) is 0.0833. The summed E-state index contributed by atoms with van der Waals surface area (Å²) in [6.45, 7) is 2.71. The summed E-state index contributed by atoms with van der Waals surface area (Å²) in [4.78, 5) is 11.7. The number of carbonyl (C=O) groups is 1. The Morgan fingerprint density at radius 2 is 2.17 bits per heavy atom. The molecule has 2 N–H and O–H groups in total. The Balaban J connectivity index is 2.44. The van der Waals surface area contributed by atoms with Crippen LogP contribution in [0.25, 0.3) is 0 Å². The number of ketones is 1. The number of Topliss-reactive ketones (excluding diaryl/α,β-unsaturated/α-hetero) is 1. The number of nitrogens with two attached hydrogens (primary N) is 1. The SMILES string of the molecule is CC(CCN)CCC(=O)Cc1ccc(Cl)cc1F. The van der Waals surface area contributed by atoms with E-state index in [1.165, 1.54) is 6.07 Å². The number of hydrogen-bond donors (Lipinski definition) is 1. The molecule has 4 heteroatoms. The lowest BCUT2D eigenvalue weighted by Crippen LogP contribution is -2.10. The molecular formula is C14H19ClFNO. The Morgan fingerprint density at radius 1 is 1.44 bits per heavy atom. The second kappa shape index (κ2) is 7.49. The zero-order valence-electron chi connectivity index (χ0n) is 10.6. The number of hydrogen-bond acceptors (Lipinski definition) is 2. The molecule has 0 heterocycles. The lowest BCUT2D eigenvalue weighted by Gasteiger charge is -2.09. The van der Waals surface area contributed by atoms with Crippen molar-refractivity contribution in [1.82, 2.24) is 0 Å². The molecule has 1 aromatic carbocycles. The number of carbonyl (C=O) groups excluding carboxylic acids is 1. The largest absolute Gasteiger partial charge is 0.330 e. The highest BCUT2D eigenvalue weighted by atomic mass is 35.5. The van der Waals surface area contributed by atoms with Crippen LogP contribution in [0.3, 0.4) is 0 Å². The molecule has 1 rings (SSSR count). The lowest BCUT2D eigenvalue weighted by atomic mass is 9.97. The van der Waals surface area contributed by atoms with E-state index in [-0.39, 0.29) is 12.2 Å². The number of halogens is 2. The Bertz CT molecular complexity index is 409. The molecule has 0 aliphatic heterocycles. The monoisotopic (exact) mass is 271 g/mol. The van der Waals surface area contributed by atoms with Gasteiger partial charge in [-0.25, -0.2) is 4.39 Å². The highest BCUT2D eigenvalue weighted by molar-refractivity contribution is 6.30. The molecule has 18 heavy (non-hydrogen) atoms. The molecule has 100 valence electrons. The summed E-state index contributed by atoms with van der Waals surface area (Å²) in [6.07, 6.45) is 2.34. The predicted molar refractivity (Wildman–Crippen MR) is 72.2 cm³/mol. The van der Waals surface area contributed by atoms with Gasteiger partial charge in [-0.2, -0.15) is 0 Å². The highest BCUT2D eigenvalue weighted by Gasteiger charge is 2.10. The van der Waals surface area contributed by atoms with Gasteiger partial charge in [0, 0.05) is 17.9 Å². The molecule has 0 aliphatic rings. The Hall–Kier alpha value is -0.930. The first-order chi connectivity index (χ1) is 8.52. The van der Waals surface area contributed by atoms with Crippen LogP contribution in [-0.2, 0) is 11.2 Å². The average Bonchev–Trinajstić information content (AvgIpc) is 2.31. The first-order valence-electron chi connectivity index (χ1n) is 6.18. The van der Waals surface area contributed by atoms with E-state index in [1.807, 2.05) is 0 Å². The van der Waals surface area contributed by atoms with E-state index in [2.05, 4.69) is 6.92 Å². The first-order valence-corrected chi connectivity index (χ1v) is 6.56. The van der Waals surface area contributed by atoms with Gasteiger partial charge in [0.15, 0.2) is 0 Å². The van der Waals surface area contributed by atoms with Gasteiger partial charge in [0.05, 0.1) is 0 Å². The molecule has 0 radical (unpaired) electrons. The minimum atomic E-state index is -0.411. The van der Waals surface area contributed by atoms with Crippen LogP contribution in [-0.4, -0.2) is 12.3 Å². The fourth-order valence-electron chi connectivity index (χ4n) is 1.80. The molecule has 0 fully saturated rings. The van der Waals surface area contributed by atoms with Gasteiger partial charge in [-0.1, -0.05) is 24.6 Å². The van der Waals surface area contributed by atoms with Crippen molar-refractivity contribution in [3.05, 3.63) is 34.6 Å². The Kier molecular flexibility index (Phi) is 6.30. The fourth-order valence-corrected chi connectivity index (χ4v) is 1.96.